The van der Waals surface area contributed by atoms with Crippen LogP contribution >= 0.6 is 34.4 Å². The largest absolute Gasteiger partial charge is 0.311 e. The predicted molar refractivity (Wildman–Crippen MR) is 279 cm³/mol. The fourth-order valence-electron chi connectivity index (χ4n) is 8.76. The van der Waals surface area contributed by atoms with E-state index < -0.39 is 0 Å². The molecule has 3 heterocycles. The van der Waals surface area contributed by atoms with Crippen molar-refractivity contribution in [2.24, 2.45) is 0 Å². The second-order valence-electron chi connectivity index (χ2n) is 16.0. The Morgan fingerprint density at radius 2 is 0.615 bits per heavy atom. The van der Waals surface area contributed by atoms with Crippen molar-refractivity contribution in [3.8, 4) is 43.1 Å². The predicted octanol–water partition coefficient (Wildman–Crippen LogP) is 17.7. The van der Waals surface area contributed by atoms with E-state index in [9.17, 15) is 0 Å². The summed E-state index contributed by atoms with van der Waals surface area (Å²) in [5, 5.41) is 2.45. The lowest BCUT2D eigenvalue weighted by Gasteiger charge is -2.25. The average molecular weight is 887 g/mol. The Bertz CT molecular complexity index is 3270. The summed E-state index contributed by atoms with van der Waals surface area (Å²) in [6.45, 7) is 0. The zero-order chi connectivity index (χ0) is 43.1. The summed E-state index contributed by atoms with van der Waals surface area (Å²) in [6.07, 6.45) is 0. The summed E-state index contributed by atoms with van der Waals surface area (Å²) < 4.78 is 12.3. The molecule has 0 fully saturated rings. The summed E-state index contributed by atoms with van der Waals surface area (Å²) in [5.41, 5.74) is 15.7. The number of rotatable bonds is 10. The maximum absolute atomic E-state index is 4.88. The van der Waals surface area contributed by atoms with Gasteiger partial charge in [-0.3, -0.25) is 0 Å². The highest BCUT2D eigenvalue weighted by molar-refractivity contribution is 7.22. The van der Waals surface area contributed by atoms with Crippen LogP contribution in [0.1, 0.15) is 0 Å². The van der Waals surface area contributed by atoms with Crippen molar-refractivity contribution >= 4 is 99.7 Å². The second kappa shape index (κ2) is 16.8. The Morgan fingerprint density at radius 3 is 0.969 bits per heavy atom. The number of hydrogen-bond acceptors (Lipinski definition) is 7. The van der Waals surface area contributed by atoms with Crippen LogP contribution in [0, 0.1) is 0 Å². The van der Waals surface area contributed by atoms with Crippen LogP contribution < -0.4 is 9.80 Å². The molecule has 4 nitrogen and oxygen atoms in total. The molecule has 9 aromatic carbocycles. The third kappa shape index (κ3) is 7.45. The minimum absolute atomic E-state index is 0.953. The number of para-hydroxylation sites is 4. The maximum Gasteiger partial charge on any atom is 0.114 e. The molecule has 0 amide bonds. The lowest BCUT2D eigenvalue weighted by molar-refractivity contribution is 1.28. The van der Waals surface area contributed by atoms with Gasteiger partial charge in [0.1, 0.15) is 11.0 Å². The monoisotopic (exact) mass is 886 g/mol. The highest BCUT2D eigenvalue weighted by Crippen LogP contribution is 2.44. The van der Waals surface area contributed by atoms with Gasteiger partial charge in [0, 0.05) is 64.4 Å². The van der Waals surface area contributed by atoms with Gasteiger partial charge in [0.05, 0.1) is 11.7 Å². The highest BCUT2D eigenvalue weighted by atomic mass is 32.1. The second-order valence-corrected chi connectivity index (χ2v) is 18.7. The molecule has 0 N–H and O–H groups in total. The normalized spacial score (nSPS) is 11.4. The first kappa shape index (κ1) is 39.0. The molecule has 12 rings (SSSR count). The van der Waals surface area contributed by atoms with Crippen LogP contribution in [-0.4, -0.2) is 8.75 Å². The summed E-state index contributed by atoms with van der Waals surface area (Å²) >= 11 is 4.91. The minimum atomic E-state index is 0.953. The number of hydrogen-bond donors (Lipinski definition) is 0. The molecule has 0 aliphatic carbocycles. The zero-order valence-electron chi connectivity index (χ0n) is 35.0. The molecule has 0 bridgehead atoms. The van der Waals surface area contributed by atoms with E-state index in [1.54, 1.807) is 0 Å². The third-order valence-corrected chi connectivity index (χ3v) is 14.8. The molecule has 0 saturated carbocycles. The topological polar surface area (TPSA) is 32.3 Å². The fraction of sp³-hybridized carbons (Fsp3) is 0. The van der Waals surface area contributed by atoms with Crippen molar-refractivity contribution in [1.82, 2.24) is 8.75 Å². The molecule has 0 unspecified atom stereocenters. The molecule has 0 aliphatic heterocycles. The molecule has 12 aromatic rings. The van der Waals surface area contributed by atoms with Crippen LogP contribution in [0.4, 0.5) is 34.1 Å². The molecule has 308 valence electrons. The van der Waals surface area contributed by atoms with Gasteiger partial charge in [-0.1, -0.05) is 133 Å². The van der Waals surface area contributed by atoms with Crippen molar-refractivity contribution in [3.05, 3.63) is 231 Å². The Kier molecular flexibility index (Phi) is 10.1. The molecule has 0 radical (unpaired) electrons. The summed E-state index contributed by atoms with van der Waals surface area (Å²) in [6, 6.07) is 82.6. The Labute approximate surface area is 389 Å². The van der Waals surface area contributed by atoms with Gasteiger partial charge in [-0.05, 0) is 130 Å². The molecule has 7 heteroatoms. The van der Waals surface area contributed by atoms with E-state index in [0.29, 0.717) is 0 Å². The van der Waals surface area contributed by atoms with Crippen LogP contribution in [0.5, 0.6) is 0 Å². The van der Waals surface area contributed by atoms with E-state index in [1.165, 1.54) is 63.9 Å². The number of thiophene rings is 2. The van der Waals surface area contributed by atoms with Gasteiger partial charge in [-0.2, -0.15) is 8.75 Å². The van der Waals surface area contributed by atoms with Gasteiger partial charge >= 0.3 is 0 Å². The smallest absolute Gasteiger partial charge is 0.114 e. The van der Waals surface area contributed by atoms with Crippen molar-refractivity contribution in [1.29, 1.82) is 0 Å². The number of anilines is 6. The Morgan fingerprint density at radius 1 is 0.292 bits per heavy atom. The van der Waals surface area contributed by atoms with Gasteiger partial charge in [0.25, 0.3) is 0 Å². The molecule has 3 aromatic heterocycles. The minimum Gasteiger partial charge on any atom is -0.311 e. The van der Waals surface area contributed by atoms with Gasteiger partial charge in [-0.25, -0.2) is 0 Å². The number of nitrogens with zero attached hydrogens (tertiary/aromatic N) is 4. The first-order valence-electron chi connectivity index (χ1n) is 21.5. The summed E-state index contributed by atoms with van der Waals surface area (Å²) in [5.74, 6) is 0. The first-order chi connectivity index (χ1) is 32.2. The van der Waals surface area contributed by atoms with E-state index >= 15 is 0 Å². The van der Waals surface area contributed by atoms with Crippen LogP contribution in [0.15, 0.2) is 231 Å². The fourth-order valence-corrected chi connectivity index (χ4v) is 11.6. The van der Waals surface area contributed by atoms with Gasteiger partial charge in [0.15, 0.2) is 0 Å². The molecule has 0 saturated heterocycles. The van der Waals surface area contributed by atoms with Crippen LogP contribution in [-0.2, 0) is 0 Å². The summed E-state index contributed by atoms with van der Waals surface area (Å²) in [7, 11) is 0. The van der Waals surface area contributed by atoms with E-state index in [2.05, 4.69) is 240 Å². The van der Waals surface area contributed by atoms with E-state index in [1.807, 2.05) is 22.7 Å². The van der Waals surface area contributed by atoms with Crippen molar-refractivity contribution in [3.63, 3.8) is 0 Å². The molecular weight excluding hydrogens is 849 g/mol. The van der Waals surface area contributed by atoms with E-state index in [-0.39, 0.29) is 0 Å². The van der Waals surface area contributed by atoms with E-state index in [4.69, 9.17) is 8.75 Å². The standard InChI is InChI=1S/C58H38N4S3/c1-5-13-45(14-6-1)61(46-15-7-2-8-16-46)49-29-25-39(26-30-49)41-21-23-43-37-55(63-53(43)35-41)51-33-34-52(58-57(51)59-65-60-58)56-38-44-24-22-42(36-54(44)64-56)40-27-31-50(32-28-40)62(47-17-9-3-10-18-47)48-19-11-4-12-20-48/h1-38H. The Hall–Kier alpha value is -7.68. The van der Waals surface area contributed by atoms with Crippen LogP contribution in [0.25, 0.3) is 74.3 Å². The van der Waals surface area contributed by atoms with E-state index in [0.717, 1.165) is 56.3 Å². The lowest BCUT2D eigenvalue weighted by atomic mass is 10.0. The van der Waals surface area contributed by atoms with Gasteiger partial charge < -0.3 is 9.80 Å². The molecule has 0 spiro atoms. The van der Waals surface area contributed by atoms with Crippen molar-refractivity contribution in [2.45, 2.75) is 0 Å². The number of fused-ring (bicyclic) bond motifs is 3. The number of aromatic nitrogens is 2. The molecule has 0 aliphatic rings. The van der Waals surface area contributed by atoms with Crippen molar-refractivity contribution < 1.29 is 0 Å². The van der Waals surface area contributed by atoms with Crippen molar-refractivity contribution in [2.75, 3.05) is 9.80 Å². The zero-order valence-corrected chi connectivity index (χ0v) is 37.4. The highest BCUT2D eigenvalue weighted by Gasteiger charge is 2.19. The van der Waals surface area contributed by atoms with Crippen LogP contribution in [0.3, 0.4) is 0 Å². The quantitative estimate of drug-likeness (QED) is 0.137. The lowest BCUT2D eigenvalue weighted by Crippen LogP contribution is -2.09. The Balaban J connectivity index is 0.813. The molecule has 0 atom stereocenters. The molecular formula is C58H38N4S3. The van der Waals surface area contributed by atoms with Gasteiger partial charge in [0.2, 0.25) is 0 Å². The maximum atomic E-state index is 4.88. The molecule has 65 heavy (non-hydrogen) atoms. The summed E-state index contributed by atoms with van der Waals surface area (Å²) in [4.78, 5) is 6.98. The SMILES string of the molecule is c1ccc(N(c2ccccc2)c2ccc(-c3ccc4cc(-c5ccc(-c6cc7ccc(-c8ccc(N(c9ccccc9)c9ccccc9)cc8)cc7s6)c6nsnc56)sc4c3)cc2)cc1. The van der Waals surface area contributed by atoms with Crippen LogP contribution in [0.2, 0.25) is 0 Å². The average Bonchev–Trinajstić information content (AvgIpc) is 4.15. The third-order valence-electron chi connectivity index (χ3n) is 12.0. The number of benzene rings is 9. The van der Waals surface area contributed by atoms with Gasteiger partial charge in [-0.15, -0.1) is 22.7 Å². The first-order valence-corrected chi connectivity index (χ1v) is 23.9.